The summed E-state index contributed by atoms with van der Waals surface area (Å²) in [6, 6.07) is 5.58. The number of benzene rings is 1. The van der Waals surface area contributed by atoms with E-state index in [4.69, 9.17) is 16.2 Å². The number of carbonyl (C=O) groups is 3. The molecule has 1 rings (SSSR count). The zero-order valence-corrected chi connectivity index (χ0v) is 13.5. The van der Waals surface area contributed by atoms with Crippen LogP contribution in [0.25, 0.3) is 0 Å². The van der Waals surface area contributed by atoms with Gasteiger partial charge in [-0.2, -0.15) is 0 Å². The average Bonchev–Trinajstić information content (AvgIpc) is 2.57. The normalized spacial score (nSPS) is 11.2. The van der Waals surface area contributed by atoms with Gasteiger partial charge in [-0.05, 0) is 30.5 Å². The van der Waals surface area contributed by atoms with E-state index in [9.17, 15) is 14.4 Å². The van der Waals surface area contributed by atoms with Crippen molar-refractivity contribution in [2.75, 3.05) is 18.9 Å². The van der Waals surface area contributed by atoms with Crippen LogP contribution < -0.4 is 27.4 Å². The lowest BCUT2D eigenvalue weighted by atomic mass is 10.1. The third-order valence-corrected chi connectivity index (χ3v) is 3.12. The molecule has 0 aliphatic heterocycles. The molecule has 0 unspecified atom stereocenters. The van der Waals surface area contributed by atoms with Crippen molar-refractivity contribution in [1.82, 2.24) is 10.6 Å². The van der Waals surface area contributed by atoms with Gasteiger partial charge in [0.25, 0.3) is 0 Å². The average molecular weight is 337 g/mol. The Bertz CT molecular complexity index is 561. The second kappa shape index (κ2) is 10.1. The van der Waals surface area contributed by atoms with Crippen LogP contribution in [0.3, 0.4) is 0 Å². The minimum absolute atomic E-state index is 0.139. The van der Waals surface area contributed by atoms with Gasteiger partial charge in [-0.1, -0.05) is 12.1 Å². The van der Waals surface area contributed by atoms with Gasteiger partial charge in [0.2, 0.25) is 5.91 Å². The Morgan fingerprint density at radius 2 is 1.88 bits per heavy atom. The summed E-state index contributed by atoms with van der Waals surface area (Å²) in [5.74, 6) is -0.316. The second-order valence-electron chi connectivity index (χ2n) is 5.05. The number of anilines is 1. The van der Waals surface area contributed by atoms with E-state index in [0.717, 1.165) is 5.56 Å². The van der Waals surface area contributed by atoms with E-state index >= 15 is 0 Å². The molecule has 0 heterocycles. The number of nitrogens with one attached hydrogen (secondary N) is 3. The lowest BCUT2D eigenvalue weighted by Crippen LogP contribution is -2.37. The Morgan fingerprint density at radius 3 is 2.46 bits per heavy atom. The van der Waals surface area contributed by atoms with Crippen LogP contribution in [0.15, 0.2) is 24.3 Å². The van der Waals surface area contributed by atoms with Gasteiger partial charge in [-0.15, -0.1) is 0 Å². The van der Waals surface area contributed by atoms with Crippen LogP contribution >= 0.6 is 0 Å². The number of hydrogen-bond donors (Lipinski definition) is 5. The molecule has 0 aliphatic carbocycles. The Hall–Kier alpha value is -2.81. The summed E-state index contributed by atoms with van der Waals surface area (Å²) < 4.78 is 4.91. The molecule has 0 aromatic heterocycles. The molecule has 9 nitrogen and oxygen atoms in total. The fourth-order valence-electron chi connectivity index (χ4n) is 1.80. The standard InChI is InChI=1S/C15H23N5O4/c1-18-15(23)24-9-10-4-6-11(7-5-10)20-13(21)12(16)3-2-8-19-14(17)22/h4-7,12H,2-3,8-9,16H2,1H3,(H,18,23)(H,20,21)(H3,17,19,22)/t12-/m0/s1. The van der Waals surface area contributed by atoms with E-state index in [0.29, 0.717) is 25.1 Å². The zero-order valence-electron chi connectivity index (χ0n) is 13.5. The topological polar surface area (TPSA) is 149 Å². The number of primary amides is 1. The molecule has 0 saturated heterocycles. The van der Waals surface area contributed by atoms with Crippen molar-refractivity contribution in [3.05, 3.63) is 29.8 Å². The fourth-order valence-corrected chi connectivity index (χ4v) is 1.80. The molecule has 132 valence electrons. The molecule has 0 bridgehead atoms. The molecule has 0 fully saturated rings. The Morgan fingerprint density at radius 1 is 1.21 bits per heavy atom. The summed E-state index contributed by atoms with van der Waals surface area (Å²) in [6.07, 6.45) is 0.460. The molecular formula is C15H23N5O4. The van der Waals surface area contributed by atoms with Crippen molar-refractivity contribution in [2.45, 2.75) is 25.5 Å². The smallest absolute Gasteiger partial charge is 0.407 e. The number of carbonyl (C=O) groups excluding carboxylic acids is 3. The third-order valence-electron chi connectivity index (χ3n) is 3.12. The monoisotopic (exact) mass is 337 g/mol. The highest BCUT2D eigenvalue weighted by molar-refractivity contribution is 5.94. The Labute approximate surface area is 140 Å². The van der Waals surface area contributed by atoms with Crippen LogP contribution in [0.5, 0.6) is 0 Å². The van der Waals surface area contributed by atoms with Crippen molar-refractivity contribution in [2.24, 2.45) is 11.5 Å². The highest BCUT2D eigenvalue weighted by Crippen LogP contribution is 2.11. The molecule has 1 aromatic rings. The number of amides is 4. The van der Waals surface area contributed by atoms with Gasteiger partial charge >= 0.3 is 12.1 Å². The molecular weight excluding hydrogens is 314 g/mol. The number of ether oxygens (including phenoxy) is 1. The second-order valence-corrected chi connectivity index (χ2v) is 5.05. The summed E-state index contributed by atoms with van der Waals surface area (Å²) in [5, 5.41) is 7.48. The lowest BCUT2D eigenvalue weighted by molar-refractivity contribution is -0.117. The Kier molecular flexibility index (Phi) is 8.06. The van der Waals surface area contributed by atoms with Crippen molar-refractivity contribution >= 4 is 23.7 Å². The predicted molar refractivity (Wildman–Crippen MR) is 89.1 cm³/mol. The highest BCUT2D eigenvalue weighted by Gasteiger charge is 2.13. The fraction of sp³-hybridized carbons (Fsp3) is 0.400. The van der Waals surface area contributed by atoms with E-state index in [-0.39, 0.29) is 12.5 Å². The summed E-state index contributed by atoms with van der Waals surface area (Å²) in [7, 11) is 1.48. The van der Waals surface area contributed by atoms with Gasteiger partial charge in [0.1, 0.15) is 6.61 Å². The van der Waals surface area contributed by atoms with Gasteiger partial charge in [0.05, 0.1) is 6.04 Å². The molecule has 1 atom stereocenters. The van der Waals surface area contributed by atoms with Crippen molar-refractivity contribution < 1.29 is 19.1 Å². The van der Waals surface area contributed by atoms with Crippen LogP contribution in [0.4, 0.5) is 15.3 Å². The molecule has 0 aliphatic rings. The molecule has 0 spiro atoms. The molecule has 0 saturated carbocycles. The van der Waals surface area contributed by atoms with Gasteiger partial charge in [0, 0.05) is 19.3 Å². The quantitative estimate of drug-likeness (QED) is 0.431. The molecule has 4 amide bonds. The predicted octanol–water partition coefficient (Wildman–Crippen LogP) is 0.257. The SMILES string of the molecule is CNC(=O)OCc1ccc(NC(=O)[C@@H](N)CCCNC(N)=O)cc1. The zero-order chi connectivity index (χ0) is 17.9. The molecule has 1 aromatic carbocycles. The molecule has 9 heteroatoms. The number of rotatable bonds is 8. The van der Waals surface area contributed by atoms with Crippen molar-refractivity contribution in [3.63, 3.8) is 0 Å². The van der Waals surface area contributed by atoms with Crippen molar-refractivity contribution in [1.29, 1.82) is 0 Å². The first-order valence-electron chi connectivity index (χ1n) is 7.45. The Balaban J connectivity index is 2.38. The first-order valence-corrected chi connectivity index (χ1v) is 7.45. The maximum atomic E-state index is 12.0. The van der Waals surface area contributed by atoms with Gasteiger partial charge in [-0.3, -0.25) is 4.79 Å². The van der Waals surface area contributed by atoms with Crippen LogP contribution in [-0.4, -0.2) is 37.7 Å². The first-order chi connectivity index (χ1) is 11.4. The van der Waals surface area contributed by atoms with Crippen LogP contribution in [-0.2, 0) is 16.1 Å². The van der Waals surface area contributed by atoms with E-state index in [1.807, 2.05) is 0 Å². The summed E-state index contributed by atoms with van der Waals surface area (Å²) in [5.41, 5.74) is 12.1. The van der Waals surface area contributed by atoms with Crippen LogP contribution in [0.2, 0.25) is 0 Å². The van der Waals surface area contributed by atoms with Crippen LogP contribution in [0, 0.1) is 0 Å². The maximum absolute atomic E-state index is 12.0. The number of nitrogens with two attached hydrogens (primary N) is 2. The third kappa shape index (κ3) is 7.45. The molecule has 24 heavy (non-hydrogen) atoms. The van der Waals surface area contributed by atoms with E-state index < -0.39 is 18.2 Å². The number of hydrogen-bond acceptors (Lipinski definition) is 5. The van der Waals surface area contributed by atoms with Gasteiger partial charge in [-0.25, -0.2) is 9.59 Å². The van der Waals surface area contributed by atoms with E-state index in [1.165, 1.54) is 7.05 Å². The molecule has 7 N–H and O–H groups in total. The lowest BCUT2D eigenvalue weighted by Gasteiger charge is -2.12. The summed E-state index contributed by atoms with van der Waals surface area (Å²) in [6.45, 7) is 0.511. The van der Waals surface area contributed by atoms with E-state index in [2.05, 4.69) is 16.0 Å². The molecule has 0 radical (unpaired) electrons. The minimum atomic E-state index is -0.684. The highest BCUT2D eigenvalue weighted by atomic mass is 16.5. The van der Waals surface area contributed by atoms with Gasteiger partial charge in [0.15, 0.2) is 0 Å². The van der Waals surface area contributed by atoms with Crippen LogP contribution in [0.1, 0.15) is 18.4 Å². The van der Waals surface area contributed by atoms with Gasteiger partial charge < -0.3 is 32.2 Å². The van der Waals surface area contributed by atoms with Crippen molar-refractivity contribution in [3.8, 4) is 0 Å². The minimum Gasteiger partial charge on any atom is -0.445 e. The first kappa shape index (κ1) is 19.2. The number of alkyl carbamates (subject to hydrolysis) is 1. The maximum Gasteiger partial charge on any atom is 0.407 e. The number of urea groups is 1. The largest absolute Gasteiger partial charge is 0.445 e. The van der Waals surface area contributed by atoms with E-state index in [1.54, 1.807) is 24.3 Å². The summed E-state index contributed by atoms with van der Waals surface area (Å²) >= 11 is 0. The summed E-state index contributed by atoms with van der Waals surface area (Å²) in [4.78, 5) is 33.5.